The Labute approximate surface area is 101 Å². The van der Waals surface area contributed by atoms with Crippen molar-refractivity contribution < 1.29 is 9.90 Å². The van der Waals surface area contributed by atoms with Crippen molar-refractivity contribution in [1.29, 1.82) is 0 Å². The van der Waals surface area contributed by atoms with Gasteiger partial charge in [-0.25, -0.2) is 4.79 Å². The van der Waals surface area contributed by atoms with Crippen LogP contribution in [-0.2, 0) is 0 Å². The highest BCUT2D eigenvalue weighted by molar-refractivity contribution is 5.90. The number of nitrogens with zero attached hydrogens (tertiary/aromatic N) is 1. The van der Waals surface area contributed by atoms with Gasteiger partial charge in [0.15, 0.2) is 0 Å². The average molecular weight is 234 g/mol. The van der Waals surface area contributed by atoms with Crippen molar-refractivity contribution in [2.24, 2.45) is 5.92 Å². The summed E-state index contributed by atoms with van der Waals surface area (Å²) in [7, 11) is 0. The van der Waals surface area contributed by atoms with E-state index >= 15 is 0 Å². The average Bonchev–Trinajstić information content (AvgIpc) is 2.23. The number of carboxylic acid groups (broad SMARTS) is 1. The Morgan fingerprint density at radius 3 is 2.76 bits per heavy atom. The predicted octanol–water partition coefficient (Wildman–Crippen LogP) is 2.20. The second kappa shape index (κ2) is 4.65. The monoisotopic (exact) mass is 234 g/mol. The van der Waals surface area contributed by atoms with E-state index in [4.69, 9.17) is 10.8 Å². The largest absolute Gasteiger partial charge is 0.478 e. The Morgan fingerprint density at radius 1 is 1.53 bits per heavy atom. The second-order valence-corrected chi connectivity index (χ2v) is 4.64. The van der Waals surface area contributed by atoms with Gasteiger partial charge in [0.05, 0.1) is 16.9 Å². The first-order valence-corrected chi connectivity index (χ1v) is 5.99. The summed E-state index contributed by atoms with van der Waals surface area (Å²) >= 11 is 0. The van der Waals surface area contributed by atoms with E-state index in [1.165, 1.54) is 18.9 Å². The molecule has 0 atom stereocenters. The Balaban J connectivity index is 2.06. The molecule has 1 aromatic rings. The number of benzene rings is 1. The lowest BCUT2D eigenvalue weighted by atomic mass is 9.94. The van der Waals surface area contributed by atoms with Crippen LogP contribution in [0.15, 0.2) is 18.2 Å². The van der Waals surface area contributed by atoms with Crippen molar-refractivity contribution in [3.63, 3.8) is 0 Å². The van der Waals surface area contributed by atoms with Crippen LogP contribution < -0.4 is 10.6 Å². The molecule has 0 radical (unpaired) electrons. The van der Waals surface area contributed by atoms with Gasteiger partial charge in [-0.2, -0.15) is 0 Å². The lowest BCUT2D eigenvalue weighted by molar-refractivity contribution is 0.0697. The molecule has 4 nitrogen and oxygen atoms in total. The van der Waals surface area contributed by atoms with Crippen LogP contribution in [0.1, 0.15) is 30.1 Å². The predicted molar refractivity (Wildman–Crippen MR) is 68.4 cm³/mol. The van der Waals surface area contributed by atoms with Gasteiger partial charge >= 0.3 is 5.97 Å². The van der Waals surface area contributed by atoms with E-state index in [1.807, 2.05) is 0 Å². The molecule has 92 valence electrons. The van der Waals surface area contributed by atoms with E-state index in [0.29, 0.717) is 5.69 Å². The van der Waals surface area contributed by atoms with Crippen LogP contribution in [0.25, 0.3) is 0 Å². The van der Waals surface area contributed by atoms with Gasteiger partial charge in [-0.3, -0.25) is 0 Å². The molecule has 0 bridgehead atoms. The third-order valence-electron chi connectivity index (χ3n) is 3.27. The molecular formula is C13H18N2O2. The Morgan fingerprint density at radius 2 is 2.24 bits per heavy atom. The Hall–Kier alpha value is -1.71. The van der Waals surface area contributed by atoms with Gasteiger partial charge in [-0.1, -0.05) is 13.3 Å². The van der Waals surface area contributed by atoms with Crippen molar-refractivity contribution in [2.75, 3.05) is 23.7 Å². The second-order valence-electron chi connectivity index (χ2n) is 4.64. The van der Waals surface area contributed by atoms with E-state index < -0.39 is 5.97 Å². The maximum Gasteiger partial charge on any atom is 0.335 e. The summed E-state index contributed by atoms with van der Waals surface area (Å²) in [6, 6.07) is 4.95. The molecule has 0 spiro atoms. The maximum absolute atomic E-state index is 10.8. The smallest absolute Gasteiger partial charge is 0.335 e. The number of hydrogen-bond donors (Lipinski definition) is 2. The van der Waals surface area contributed by atoms with Crippen molar-refractivity contribution >= 4 is 17.3 Å². The lowest BCUT2D eigenvalue weighted by Gasteiger charge is -2.41. The molecular weight excluding hydrogens is 216 g/mol. The minimum Gasteiger partial charge on any atom is -0.478 e. The first-order valence-electron chi connectivity index (χ1n) is 5.99. The number of carboxylic acids is 1. The molecule has 1 aliphatic rings. The van der Waals surface area contributed by atoms with Crippen molar-refractivity contribution in [1.82, 2.24) is 0 Å². The zero-order valence-electron chi connectivity index (χ0n) is 10.0. The molecule has 1 fully saturated rings. The molecule has 2 rings (SSSR count). The molecule has 1 heterocycles. The quantitative estimate of drug-likeness (QED) is 0.784. The number of nitrogen functional groups attached to an aromatic ring is 1. The number of aromatic carboxylic acids is 1. The zero-order chi connectivity index (χ0) is 12.4. The first-order chi connectivity index (χ1) is 8.11. The molecule has 1 saturated heterocycles. The van der Waals surface area contributed by atoms with E-state index in [2.05, 4.69) is 11.8 Å². The van der Waals surface area contributed by atoms with Gasteiger partial charge in [-0.15, -0.1) is 0 Å². The standard InChI is InChI=1S/C13H18N2O2/c1-2-3-9-7-15(8-9)12-5-4-10(13(16)17)6-11(12)14/h4-6,9H,2-3,7-8,14H2,1H3,(H,16,17). The third-order valence-corrected chi connectivity index (χ3v) is 3.27. The summed E-state index contributed by atoms with van der Waals surface area (Å²) < 4.78 is 0. The summed E-state index contributed by atoms with van der Waals surface area (Å²) in [5, 5.41) is 8.85. The van der Waals surface area contributed by atoms with Crippen LogP contribution in [0.2, 0.25) is 0 Å². The lowest BCUT2D eigenvalue weighted by Crippen LogP contribution is -2.46. The summed E-state index contributed by atoms with van der Waals surface area (Å²) in [4.78, 5) is 13.0. The van der Waals surface area contributed by atoms with Gasteiger partial charge in [0, 0.05) is 13.1 Å². The fraction of sp³-hybridized carbons (Fsp3) is 0.462. The number of anilines is 2. The van der Waals surface area contributed by atoms with Crippen LogP contribution in [0.3, 0.4) is 0 Å². The van der Waals surface area contributed by atoms with Crippen LogP contribution in [0.4, 0.5) is 11.4 Å². The molecule has 4 heteroatoms. The van der Waals surface area contributed by atoms with E-state index in [-0.39, 0.29) is 5.56 Å². The fourth-order valence-corrected chi connectivity index (χ4v) is 2.33. The molecule has 17 heavy (non-hydrogen) atoms. The normalized spacial score (nSPS) is 15.7. The molecule has 3 N–H and O–H groups in total. The number of nitrogens with two attached hydrogens (primary N) is 1. The van der Waals surface area contributed by atoms with Gasteiger partial charge in [0.2, 0.25) is 0 Å². The van der Waals surface area contributed by atoms with E-state index in [1.54, 1.807) is 12.1 Å². The minimum absolute atomic E-state index is 0.247. The number of carbonyl (C=O) groups is 1. The molecule has 1 aromatic carbocycles. The van der Waals surface area contributed by atoms with Gasteiger partial charge < -0.3 is 15.7 Å². The number of hydrogen-bond acceptors (Lipinski definition) is 3. The van der Waals surface area contributed by atoms with Crippen molar-refractivity contribution in [3.05, 3.63) is 23.8 Å². The van der Waals surface area contributed by atoms with Gasteiger partial charge in [-0.05, 0) is 30.5 Å². The van der Waals surface area contributed by atoms with E-state index in [9.17, 15) is 4.79 Å². The minimum atomic E-state index is -0.935. The maximum atomic E-state index is 10.8. The molecule has 0 aliphatic carbocycles. The summed E-state index contributed by atoms with van der Waals surface area (Å²) in [6.07, 6.45) is 2.47. The SMILES string of the molecule is CCCC1CN(c2ccc(C(=O)O)cc2N)C1. The van der Waals surface area contributed by atoms with E-state index in [0.717, 1.165) is 24.7 Å². The molecule has 0 unspecified atom stereocenters. The first kappa shape index (κ1) is 11.8. The summed E-state index contributed by atoms with van der Waals surface area (Å²) in [6.45, 7) is 4.26. The molecule has 0 aromatic heterocycles. The van der Waals surface area contributed by atoms with Crippen LogP contribution >= 0.6 is 0 Å². The fourth-order valence-electron chi connectivity index (χ4n) is 2.33. The van der Waals surface area contributed by atoms with Crippen LogP contribution in [0, 0.1) is 5.92 Å². The molecule has 0 saturated carbocycles. The van der Waals surface area contributed by atoms with Crippen LogP contribution in [-0.4, -0.2) is 24.2 Å². The van der Waals surface area contributed by atoms with Gasteiger partial charge in [0.25, 0.3) is 0 Å². The zero-order valence-corrected chi connectivity index (χ0v) is 10.0. The highest BCUT2D eigenvalue weighted by atomic mass is 16.4. The summed E-state index contributed by atoms with van der Waals surface area (Å²) in [5.41, 5.74) is 7.65. The van der Waals surface area contributed by atoms with Crippen LogP contribution in [0.5, 0.6) is 0 Å². The molecule has 1 aliphatic heterocycles. The Kier molecular flexibility index (Phi) is 3.22. The topological polar surface area (TPSA) is 66.6 Å². The number of rotatable bonds is 4. The Bertz CT molecular complexity index is 425. The molecule has 0 amide bonds. The highest BCUT2D eigenvalue weighted by Gasteiger charge is 2.27. The highest BCUT2D eigenvalue weighted by Crippen LogP contribution is 2.32. The van der Waals surface area contributed by atoms with Gasteiger partial charge in [0.1, 0.15) is 0 Å². The van der Waals surface area contributed by atoms with Crippen molar-refractivity contribution in [3.8, 4) is 0 Å². The summed E-state index contributed by atoms with van der Waals surface area (Å²) in [5.74, 6) is -0.172. The van der Waals surface area contributed by atoms with Crippen molar-refractivity contribution in [2.45, 2.75) is 19.8 Å². The third kappa shape index (κ3) is 2.35.